The summed E-state index contributed by atoms with van der Waals surface area (Å²) in [5.41, 5.74) is 0.845. The van der Waals surface area contributed by atoms with Gasteiger partial charge in [-0.15, -0.1) is 0 Å². The van der Waals surface area contributed by atoms with Gasteiger partial charge in [0.1, 0.15) is 0 Å². The molecule has 0 atom stereocenters. The number of piperidine rings is 1. The molecule has 2 aliphatic heterocycles. The maximum atomic E-state index is 13.4. The molecular weight excluding hydrogens is 349 g/mol. The predicted molar refractivity (Wildman–Crippen MR) is 116 cm³/mol. The zero-order chi connectivity index (χ0) is 20.5. The molecule has 0 spiro atoms. The van der Waals surface area contributed by atoms with Crippen molar-refractivity contribution in [3.8, 4) is 0 Å². The number of aromatic nitrogens is 1. The Kier molecular flexibility index (Phi) is 6.38. The molecule has 0 N–H and O–H groups in total. The van der Waals surface area contributed by atoms with Crippen molar-refractivity contribution in [3.63, 3.8) is 0 Å². The Hall–Kier alpha value is -1.16. The molecule has 0 aromatic carbocycles. The van der Waals surface area contributed by atoms with E-state index in [0.29, 0.717) is 22.6 Å². The molecule has 4 rings (SSSR count). The van der Waals surface area contributed by atoms with Gasteiger partial charge in [0.05, 0.1) is 0 Å². The lowest BCUT2D eigenvalue weighted by atomic mass is 9.75. The molecule has 28 heavy (non-hydrogen) atoms. The van der Waals surface area contributed by atoms with Gasteiger partial charge in [-0.05, 0) is 73.6 Å². The van der Waals surface area contributed by atoms with E-state index in [1.807, 2.05) is 4.90 Å². The summed E-state index contributed by atoms with van der Waals surface area (Å²) in [4.78, 5) is 8.78. The fourth-order valence-corrected chi connectivity index (χ4v) is 4.38. The molecule has 1 aliphatic carbocycles. The van der Waals surface area contributed by atoms with Crippen LogP contribution >= 0.6 is 0 Å². The SMILES string of the molecule is CC(C)(C)C1CCN(C2CC2)CC1.CC(C)(C)C1CN(c2ncccc2F)C1. The Morgan fingerprint density at radius 1 is 0.893 bits per heavy atom. The fraction of sp³-hybridized carbons (Fsp3) is 0.792. The molecule has 1 aromatic rings. The van der Waals surface area contributed by atoms with Crippen LogP contribution in [0.15, 0.2) is 18.3 Å². The highest BCUT2D eigenvalue weighted by Gasteiger charge is 2.37. The average Bonchev–Trinajstić information content (AvgIpc) is 3.39. The van der Waals surface area contributed by atoms with E-state index in [2.05, 4.69) is 51.4 Å². The summed E-state index contributed by atoms with van der Waals surface area (Å²) < 4.78 is 13.4. The van der Waals surface area contributed by atoms with E-state index in [9.17, 15) is 4.39 Å². The number of anilines is 1. The van der Waals surface area contributed by atoms with Crippen LogP contribution in [-0.4, -0.2) is 42.1 Å². The third-order valence-corrected chi connectivity index (χ3v) is 6.96. The van der Waals surface area contributed by atoms with Crippen molar-refractivity contribution in [2.75, 3.05) is 31.1 Å². The van der Waals surface area contributed by atoms with Crippen molar-refractivity contribution >= 4 is 5.82 Å². The Morgan fingerprint density at radius 2 is 1.46 bits per heavy atom. The predicted octanol–water partition coefficient (Wildman–Crippen LogP) is 5.61. The fourth-order valence-electron chi connectivity index (χ4n) is 4.38. The summed E-state index contributed by atoms with van der Waals surface area (Å²) in [7, 11) is 0. The molecule has 0 bridgehead atoms. The lowest BCUT2D eigenvalue weighted by Crippen LogP contribution is -2.52. The smallest absolute Gasteiger partial charge is 0.165 e. The third kappa shape index (κ3) is 5.46. The molecule has 1 aromatic heterocycles. The molecule has 4 heteroatoms. The minimum Gasteiger partial charge on any atom is -0.353 e. The van der Waals surface area contributed by atoms with Gasteiger partial charge in [0.2, 0.25) is 0 Å². The minimum atomic E-state index is -0.218. The zero-order valence-corrected chi connectivity index (χ0v) is 18.8. The van der Waals surface area contributed by atoms with Crippen molar-refractivity contribution < 1.29 is 4.39 Å². The largest absolute Gasteiger partial charge is 0.353 e. The summed E-state index contributed by atoms with van der Waals surface area (Å²) in [6, 6.07) is 4.08. The molecule has 0 radical (unpaired) electrons. The van der Waals surface area contributed by atoms with Crippen LogP contribution < -0.4 is 4.90 Å². The van der Waals surface area contributed by atoms with Crippen LogP contribution in [-0.2, 0) is 0 Å². The van der Waals surface area contributed by atoms with Crippen LogP contribution in [0.2, 0.25) is 0 Å². The Bertz CT molecular complexity index is 628. The summed E-state index contributed by atoms with van der Waals surface area (Å²) in [5, 5.41) is 0. The van der Waals surface area contributed by atoms with E-state index in [0.717, 1.165) is 25.0 Å². The molecule has 0 unspecified atom stereocenters. The first-order chi connectivity index (χ1) is 13.1. The van der Waals surface area contributed by atoms with Gasteiger partial charge in [-0.2, -0.15) is 0 Å². The van der Waals surface area contributed by atoms with Crippen molar-refractivity contribution in [1.82, 2.24) is 9.88 Å². The monoisotopic (exact) mass is 389 g/mol. The first kappa shape index (κ1) is 21.5. The molecule has 158 valence electrons. The van der Waals surface area contributed by atoms with Gasteiger partial charge in [-0.1, -0.05) is 41.5 Å². The molecule has 3 heterocycles. The van der Waals surface area contributed by atoms with Crippen molar-refractivity contribution in [2.24, 2.45) is 22.7 Å². The maximum Gasteiger partial charge on any atom is 0.165 e. The highest BCUT2D eigenvalue weighted by molar-refractivity contribution is 5.42. The van der Waals surface area contributed by atoms with Gasteiger partial charge in [0.15, 0.2) is 11.6 Å². The average molecular weight is 390 g/mol. The Labute approximate surface area is 171 Å². The number of hydrogen-bond donors (Lipinski definition) is 0. The normalized spacial score (nSPS) is 22.5. The van der Waals surface area contributed by atoms with Gasteiger partial charge < -0.3 is 9.80 Å². The van der Waals surface area contributed by atoms with Gasteiger partial charge in [0.25, 0.3) is 0 Å². The number of halogens is 1. The second-order valence-electron chi connectivity index (χ2n) is 11.2. The minimum absolute atomic E-state index is 0.218. The third-order valence-electron chi connectivity index (χ3n) is 6.96. The number of hydrogen-bond acceptors (Lipinski definition) is 3. The van der Waals surface area contributed by atoms with Crippen LogP contribution in [0.1, 0.15) is 67.2 Å². The van der Waals surface area contributed by atoms with Crippen LogP contribution in [0, 0.1) is 28.5 Å². The van der Waals surface area contributed by atoms with Crippen LogP contribution in [0.25, 0.3) is 0 Å². The van der Waals surface area contributed by atoms with E-state index >= 15 is 0 Å². The highest BCUT2D eigenvalue weighted by Crippen LogP contribution is 2.38. The highest BCUT2D eigenvalue weighted by atomic mass is 19.1. The van der Waals surface area contributed by atoms with E-state index in [-0.39, 0.29) is 5.82 Å². The van der Waals surface area contributed by atoms with Crippen molar-refractivity contribution in [1.29, 1.82) is 0 Å². The standard InChI is InChI=1S/C12H17FN2.C12H23N/c1-12(2,3)9-7-15(8-9)11-10(13)5-4-6-14-11;1-12(2,3)10-6-8-13(9-7-10)11-4-5-11/h4-6,9H,7-8H2,1-3H3;10-11H,4-9H2,1-3H3. The molecule has 1 saturated carbocycles. The molecule has 3 aliphatic rings. The van der Waals surface area contributed by atoms with Crippen LogP contribution in [0.5, 0.6) is 0 Å². The van der Waals surface area contributed by atoms with Gasteiger partial charge in [-0.3, -0.25) is 0 Å². The molecule has 0 amide bonds. The van der Waals surface area contributed by atoms with Crippen LogP contribution in [0.3, 0.4) is 0 Å². The number of pyridine rings is 1. The van der Waals surface area contributed by atoms with Crippen molar-refractivity contribution in [2.45, 2.75) is 73.3 Å². The second kappa shape index (κ2) is 8.30. The number of nitrogens with zero attached hydrogens (tertiary/aromatic N) is 3. The lowest BCUT2D eigenvalue weighted by molar-refractivity contribution is 0.107. The number of likely N-dealkylation sites (tertiary alicyclic amines) is 1. The molecule has 3 nitrogen and oxygen atoms in total. The summed E-state index contributed by atoms with van der Waals surface area (Å²) in [6.45, 7) is 18.4. The number of rotatable bonds is 2. The van der Waals surface area contributed by atoms with Gasteiger partial charge in [0, 0.05) is 25.3 Å². The maximum absolute atomic E-state index is 13.4. The van der Waals surface area contributed by atoms with E-state index in [4.69, 9.17) is 0 Å². The molecule has 2 saturated heterocycles. The summed E-state index contributed by atoms with van der Waals surface area (Å²) >= 11 is 0. The summed E-state index contributed by atoms with van der Waals surface area (Å²) in [5.74, 6) is 1.88. The van der Waals surface area contributed by atoms with Crippen molar-refractivity contribution in [3.05, 3.63) is 24.1 Å². The van der Waals surface area contributed by atoms with E-state index < -0.39 is 0 Å². The molecule has 3 fully saturated rings. The Balaban J connectivity index is 0.000000162. The first-order valence-corrected chi connectivity index (χ1v) is 11.1. The quantitative estimate of drug-likeness (QED) is 0.655. The Morgan fingerprint density at radius 3 is 1.93 bits per heavy atom. The van der Waals surface area contributed by atoms with E-state index in [1.165, 1.54) is 44.8 Å². The lowest BCUT2D eigenvalue weighted by Gasteiger charge is -2.46. The van der Waals surface area contributed by atoms with Gasteiger partial charge >= 0.3 is 0 Å². The van der Waals surface area contributed by atoms with E-state index in [1.54, 1.807) is 12.3 Å². The summed E-state index contributed by atoms with van der Waals surface area (Å²) in [6.07, 6.45) is 7.45. The molecular formula is C24H40FN3. The van der Waals surface area contributed by atoms with Gasteiger partial charge in [-0.25, -0.2) is 9.37 Å². The topological polar surface area (TPSA) is 19.4 Å². The second-order valence-corrected chi connectivity index (χ2v) is 11.2. The zero-order valence-electron chi connectivity index (χ0n) is 18.8. The first-order valence-electron chi connectivity index (χ1n) is 11.1. The van der Waals surface area contributed by atoms with Crippen LogP contribution in [0.4, 0.5) is 10.2 Å².